The van der Waals surface area contributed by atoms with Crippen molar-refractivity contribution in [3.8, 4) is 0 Å². The van der Waals surface area contributed by atoms with Crippen molar-refractivity contribution < 1.29 is 37.6 Å². The maximum Gasteiger partial charge on any atom is 0.472 e. The lowest BCUT2D eigenvalue weighted by molar-refractivity contribution is -0.161. The van der Waals surface area contributed by atoms with Gasteiger partial charge in [0.05, 0.1) is 13.2 Å². The molecule has 0 aliphatic carbocycles. The van der Waals surface area contributed by atoms with Crippen LogP contribution >= 0.6 is 7.82 Å². The Morgan fingerprint density at radius 3 is 1.59 bits per heavy atom. The first-order valence-electron chi connectivity index (χ1n) is 19.5. The number of allylic oxidation sites excluding steroid dienone is 6. The average molecular weight is 714 g/mol. The number of phosphoric ester groups is 1. The standard InChI is InChI=1S/C39H72NO8P/c1-3-5-7-9-11-13-15-17-18-20-22-24-26-28-30-32-39(42)48-37(36-47-49(43,44)46-34-33-40)35-45-38(41)31-29-27-25-23-21-19-16-14-12-10-8-6-4-2/h20,22,25-28,37H,3-19,21,23-24,29-36,40H2,1-2H3,(H,43,44)/b22-20-,27-25-,28-26-. The van der Waals surface area contributed by atoms with Gasteiger partial charge in [0.1, 0.15) is 6.61 Å². The minimum Gasteiger partial charge on any atom is -0.462 e. The van der Waals surface area contributed by atoms with Crippen molar-refractivity contribution in [1.29, 1.82) is 0 Å². The molecule has 2 unspecified atom stereocenters. The molecular weight excluding hydrogens is 641 g/mol. The molecule has 0 radical (unpaired) electrons. The van der Waals surface area contributed by atoms with Crippen LogP contribution in [0, 0.1) is 0 Å². The van der Waals surface area contributed by atoms with Crippen LogP contribution in [0.2, 0.25) is 0 Å². The summed E-state index contributed by atoms with van der Waals surface area (Å²) in [6.45, 7) is 3.61. The van der Waals surface area contributed by atoms with Crippen LogP contribution in [0.1, 0.15) is 168 Å². The van der Waals surface area contributed by atoms with Crippen LogP contribution in [0.5, 0.6) is 0 Å². The van der Waals surface area contributed by atoms with Crippen LogP contribution in [-0.4, -0.2) is 49.3 Å². The zero-order valence-electron chi connectivity index (χ0n) is 31.2. The molecule has 0 aromatic rings. The molecule has 0 heterocycles. The molecule has 0 aromatic heterocycles. The molecule has 0 spiro atoms. The van der Waals surface area contributed by atoms with Gasteiger partial charge in [-0.25, -0.2) is 4.57 Å². The third-order valence-electron chi connectivity index (χ3n) is 8.03. The summed E-state index contributed by atoms with van der Waals surface area (Å²) in [5.74, 6) is -0.964. The minimum atomic E-state index is -4.39. The van der Waals surface area contributed by atoms with Gasteiger partial charge in [-0.1, -0.05) is 147 Å². The maximum atomic E-state index is 12.5. The van der Waals surface area contributed by atoms with Crippen molar-refractivity contribution in [1.82, 2.24) is 0 Å². The van der Waals surface area contributed by atoms with Gasteiger partial charge >= 0.3 is 19.8 Å². The number of rotatable bonds is 36. The summed E-state index contributed by atoms with van der Waals surface area (Å²) < 4.78 is 32.5. The maximum absolute atomic E-state index is 12.5. The number of carbonyl (C=O) groups excluding carboxylic acids is 2. The second-order valence-electron chi connectivity index (χ2n) is 12.8. The Morgan fingerprint density at radius 1 is 0.612 bits per heavy atom. The lowest BCUT2D eigenvalue weighted by Gasteiger charge is -2.19. The van der Waals surface area contributed by atoms with Crippen molar-refractivity contribution in [3.05, 3.63) is 36.5 Å². The van der Waals surface area contributed by atoms with E-state index in [0.29, 0.717) is 12.8 Å². The Morgan fingerprint density at radius 2 is 1.06 bits per heavy atom. The minimum absolute atomic E-state index is 0.0418. The zero-order valence-corrected chi connectivity index (χ0v) is 32.1. The summed E-state index contributed by atoms with van der Waals surface area (Å²) in [4.78, 5) is 34.6. The van der Waals surface area contributed by atoms with Crippen LogP contribution in [0.4, 0.5) is 0 Å². The van der Waals surface area contributed by atoms with Crippen LogP contribution in [0.25, 0.3) is 0 Å². The largest absolute Gasteiger partial charge is 0.472 e. The van der Waals surface area contributed by atoms with Gasteiger partial charge in [0.15, 0.2) is 6.10 Å². The van der Waals surface area contributed by atoms with Gasteiger partial charge < -0.3 is 20.1 Å². The van der Waals surface area contributed by atoms with E-state index < -0.39 is 32.5 Å². The van der Waals surface area contributed by atoms with Crippen LogP contribution < -0.4 is 5.73 Å². The highest BCUT2D eigenvalue weighted by Gasteiger charge is 2.25. The van der Waals surface area contributed by atoms with Gasteiger partial charge in [0, 0.05) is 19.4 Å². The molecule has 0 rings (SSSR count). The van der Waals surface area contributed by atoms with Gasteiger partial charge in [-0.15, -0.1) is 0 Å². The number of hydrogen-bond acceptors (Lipinski definition) is 8. The quantitative estimate of drug-likeness (QED) is 0.0281. The zero-order chi connectivity index (χ0) is 36.1. The summed E-state index contributed by atoms with van der Waals surface area (Å²) in [6, 6.07) is 0. The summed E-state index contributed by atoms with van der Waals surface area (Å²) in [5, 5.41) is 0. The van der Waals surface area contributed by atoms with E-state index in [1.165, 1.54) is 103 Å². The fourth-order valence-electron chi connectivity index (χ4n) is 5.12. The first kappa shape index (κ1) is 47.2. The number of phosphoric acid groups is 1. The van der Waals surface area contributed by atoms with Crippen LogP contribution in [0.3, 0.4) is 0 Å². The fraction of sp³-hybridized carbons (Fsp3) is 0.795. The highest BCUT2D eigenvalue weighted by molar-refractivity contribution is 7.47. The number of carbonyl (C=O) groups is 2. The Hall–Kier alpha value is -1.77. The van der Waals surface area contributed by atoms with E-state index >= 15 is 0 Å². The summed E-state index contributed by atoms with van der Waals surface area (Å²) in [7, 11) is -4.39. The Labute approximate surface area is 299 Å². The van der Waals surface area contributed by atoms with Gasteiger partial charge in [0.25, 0.3) is 0 Å². The second kappa shape index (κ2) is 36.0. The molecule has 9 nitrogen and oxygen atoms in total. The molecule has 0 aromatic carbocycles. The highest BCUT2D eigenvalue weighted by Crippen LogP contribution is 2.43. The Balaban J connectivity index is 4.34. The van der Waals surface area contributed by atoms with Crippen molar-refractivity contribution >= 4 is 19.8 Å². The van der Waals surface area contributed by atoms with E-state index in [4.69, 9.17) is 24.3 Å². The molecule has 0 saturated heterocycles. The van der Waals surface area contributed by atoms with Crippen molar-refractivity contribution in [2.45, 2.75) is 174 Å². The van der Waals surface area contributed by atoms with E-state index in [9.17, 15) is 19.0 Å². The molecule has 0 bridgehead atoms. The predicted molar refractivity (Wildman–Crippen MR) is 201 cm³/mol. The molecule has 3 N–H and O–H groups in total. The van der Waals surface area contributed by atoms with E-state index in [1.807, 2.05) is 18.2 Å². The first-order valence-corrected chi connectivity index (χ1v) is 21.0. The van der Waals surface area contributed by atoms with Crippen molar-refractivity contribution in [2.75, 3.05) is 26.4 Å². The lowest BCUT2D eigenvalue weighted by Crippen LogP contribution is -2.29. The molecule has 0 amide bonds. The van der Waals surface area contributed by atoms with E-state index in [2.05, 4.69) is 32.1 Å². The second-order valence-corrected chi connectivity index (χ2v) is 14.2. The number of hydrogen-bond donors (Lipinski definition) is 2. The van der Waals surface area contributed by atoms with Crippen LogP contribution in [0.15, 0.2) is 36.5 Å². The van der Waals surface area contributed by atoms with E-state index in [-0.39, 0.29) is 32.6 Å². The molecule has 49 heavy (non-hydrogen) atoms. The summed E-state index contributed by atoms with van der Waals surface area (Å²) >= 11 is 0. The Bertz CT molecular complexity index is 907. The monoisotopic (exact) mass is 713 g/mol. The number of ether oxygens (including phenoxy) is 2. The van der Waals surface area contributed by atoms with Crippen molar-refractivity contribution in [3.63, 3.8) is 0 Å². The lowest BCUT2D eigenvalue weighted by atomic mass is 10.1. The third-order valence-corrected chi connectivity index (χ3v) is 9.01. The number of nitrogens with two attached hydrogens (primary N) is 1. The summed E-state index contributed by atoms with van der Waals surface area (Å²) in [6.07, 6.45) is 37.8. The van der Waals surface area contributed by atoms with E-state index in [1.54, 1.807) is 0 Å². The van der Waals surface area contributed by atoms with Gasteiger partial charge in [-0.05, 0) is 44.9 Å². The fourth-order valence-corrected chi connectivity index (χ4v) is 5.88. The van der Waals surface area contributed by atoms with Gasteiger partial charge in [0.2, 0.25) is 0 Å². The third kappa shape index (κ3) is 35.8. The smallest absolute Gasteiger partial charge is 0.462 e. The molecule has 0 fully saturated rings. The van der Waals surface area contributed by atoms with Crippen molar-refractivity contribution in [2.24, 2.45) is 5.73 Å². The van der Waals surface area contributed by atoms with Gasteiger partial charge in [-0.2, -0.15) is 0 Å². The topological polar surface area (TPSA) is 134 Å². The average Bonchev–Trinajstić information content (AvgIpc) is 3.08. The van der Waals surface area contributed by atoms with Crippen LogP contribution in [-0.2, 0) is 32.7 Å². The molecule has 0 aliphatic rings. The highest BCUT2D eigenvalue weighted by atomic mass is 31.2. The Kier molecular flexibility index (Phi) is 34.7. The predicted octanol–water partition coefficient (Wildman–Crippen LogP) is 10.6. The molecular formula is C39H72NO8P. The van der Waals surface area contributed by atoms with E-state index in [0.717, 1.165) is 25.7 Å². The molecule has 286 valence electrons. The van der Waals surface area contributed by atoms with Gasteiger partial charge in [-0.3, -0.25) is 18.6 Å². The molecule has 10 heteroatoms. The molecule has 0 saturated carbocycles. The summed E-state index contributed by atoms with van der Waals surface area (Å²) in [5.41, 5.74) is 5.32. The molecule has 0 aliphatic heterocycles. The first-order chi connectivity index (χ1) is 23.8. The molecule has 2 atom stereocenters. The number of esters is 2. The number of unbranched alkanes of at least 4 members (excludes halogenated alkanes) is 17. The SMILES string of the molecule is CCCCCCCCCC/C=C\C/C=C\CCC(=O)OC(COC(=O)CC/C=C\CCCCCCCCCCC)COP(=O)(O)OCCN. The normalized spacial score (nSPS) is 13.8.